The molecule has 3 aliphatic rings. The molecule has 2 aromatic carbocycles. The Balaban J connectivity index is 1.02. The highest BCUT2D eigenvalue weighted by atomic mass is 32.1. The number of nitrogens with one attached hydrogen (secondary N) is 2. The molecule has 4 aromatic rings. The summed E-state index contributed by atoms with van der Waals surface area (Å²) in [6.07, 6.45) is 6.92. The molecule has 7 rings (SSSR count). The van der Waals surface area contributed by atoms with Crippen LogP contribution in [0.15, 0.2) is 73.1 Å². The normalized spacial score (nSPS) is 18.4. The van der Waals surface area contributed by atoms with E-state index >= 15 is 4.39 Å². The maximum Gasteiger partial charge on any atom is 0.236 e. The minimum atomic E-state index is -0.798. The number of anilines is 2. The summed E-state index contributed by atoms with van der Waals surface area (Å²) in [7, 11) is 0. The minimum absolute atomic E-state index is 0.0733. The number of carbonyl (C=O) groups excluding carboxylic acids is 1. The molecule has 0 unspecified atom stereocenters. The summed E-state index contributed by atoms with van der Waals surface area (Å²) >= 11 is 1.64. The standard InChI is InChI=1S/C32H30F2N4O2S/c1-20(36-22-4-2-21(33)3-5-22)32(11-12-32)30(39)37-23-6-7-27(25(34)16-23)40-28-8-14-35-26-17-24(41-29(26)28)18-38-15-13-31(19-38)9-10-31/h2-8,14,16-17,36H,1,9-13,15,18-19H2,(H,37,39). The molecule has 210 valence electrons. The lowest BCUT2D eigenvalue weighted by Gasteiger charge is -2.20. The van der Waals surface area contributed by atoms with Crippen LogP contribution in [0.1, 0.15) is 37.0 Å². The minimum Gasteiger partial charge on any atom is -0.453 e. The Hall–Kier alpha value is -3.82. The Morgan fingerprint density at radius 1 is 0.976 bits per heavy atom. The van der Waals surface area contributed by atoms with Crippen LogP contribution in [0.2, 0.25) is 0 Å². The Bertz CT molecular complexity index is 1660. The van der Waals surface area contributed by atoms with Gasteiger partial charge in [-0.15, -0.1) is 11.3 Å². The highest BCUT2D eigenvalue weighted by Gasteiger charge is 2.52. The number of fused-ring (bicyclic) bond motifs is 1. The number of hydrogen-bond donors (Lipinski definition) is 2. The summed E-state index contributed by atoms with van der Waals surface area (Å²) in [6.45, 7) is 7.26. The quantitative estimate of drug-likeness (QED) is 0.215. The highest BCUT2D eigenvalue weighted by Crippen LogP contribution is 2.53. The van der Waals surface area contributed by atoms with Crippen LogP contribution in [-0.4, -0.2) is 28.9 Å². The molecule has 2 aliphatic carbocycles. The first-order valence-electron chi connectivity index (χ1n) is 13.9. The molecule has 1 spiro atoms. The lowest BCUT2D eigenvalue weighted by Crippen LogP contribution is -2.28. The molecule has 2 N–H and O–H groups in total. The molecule has 0 radical (unpaired) electrons. The Labute approximate surface area is 241 Å². The van der Waals surface area contributed by atoms with Gasteiger partial charge in [-0.2, -0.15) is 0 Å². The topological polar surface area (TPSA) is 66.5 Å². The average Bonchev–Trinajstić information content (AvgIpc) is 3.84. The number of thiophene rings is 1. The van der Waals surface area contributed by atoms with Crippen molar-refractivity contribution in [1.82, 2.24) is 9.88 Å². The molecule has 1 saturated heterocycles. The Morgan fingerprint density at radius 3 is 2.46 bits per heavy atom. The number of ether oxygens (including phenoxy) is 1. The number of hydrogen-bond acceptors (Lipinski definition) is 6. The average molecular weight is 573 g/mol. The van der Waals surface area contributed by atoms with Gasteiger partial charge < -0.3 is 15.4 Å². The van der Waals surface area contributed by atoms with Crippen molar-refractivity contribution < 1.29 is 18.3 Å². The molecule has 1 aliphatic heterocycles. The second kappa shape index (κ2) is 9.92. The highest BCUT2D eigenvalue weighted by molar-refractivity contribution is 7.19. The van der Waals surface area contributed by atoms with E-state index in [1.54, 1.807) is 41.8 Å². The number of benzene rings is 2. The van der Waals surface area contributed by atoms with Gasteiger partial charge in [0, 0.05) is 53.4 Å². The van der Waals surface area contributed by atoms with E-state index < -0.39 is 11.2 Å². The summed E-state index contributed by atoms with van der Waals surface area (Å²) in [5.74, 6) is -0.555. The van der Waals surface area contributed by atoms with Crippen LogP contribution in [0.3, 0.4) is 0 Å². The van der Waals surface area contributed by atoms with Crippen molar-refractivity contribution in [3.63, 3.8) is 0 Å². The number of pyridine rings is 1. The van der Waals surface area contributed by atoms with E-state index in [4.69, 9.17) is 4.74 Å². The number of carbonyl (C=O) groups is 1. The number of nitrogens with zero attached hydrogens (tertiary/aromatic N) is 2. The van der Waals surface area contributed by atoms with Crippen molar-refractivity contribution in [1.29, 1.82) is 0 Å². The van der Waals surface area contributed by atoms with Crippen molar-refractivity contribution in [2.24, 2.45) is 10.8 Å². The van der Waals surface area contributed by atoms with Crippen LogP contribution in [0.25, 0.3) is 10.2 Å². The van der Waals surface area contributed by atoms with Crippen LogP contribution in [0, 0.1) is 22.5 Å². The third-order valence-corrected chi connectivity index (χ3v) is 9.72. The maximum atomic E-state index is 15.2. The van der Waals surface area contributed by atoms with Crippen LogP contribution in [0.4, 0.5) is 20.2 Å². The van der Waals surface area contributed by atoms with Gasteiger partial charge in [-0.1, -0.05) is 6.58 Å². The SMILES string of the molecule is C=C(Nc1ccc(F)cc1)C1(C(=O)Nc2ccc(Oc3ccnc4cc(CN5CCC6(CC6)C5)sc34)c(F)c2)CC1. The van der Waals surface area contributed by atoms with Crippen molar-refractivity contribution in [3.05, 3.63) is 89.6 Å². The Morgan fingerprint density at radius 2 is 1.76 bits per heavy atom. The maximum absolute atomic E-state index is 15.2. The molecular weight excluding hydrogens is 542 g/mol. The summed E-state index contributed by atoms with van der Waals surface area (Å²) in [5.41, 5.74) is 2.13. The molecule has 2 saturated carbocycles. The van der Waals surface area contributed by atoms with Gasteiger partial charge in [0.2, 0.25) is 5.91 Å². The molecule has 41 heavy (non-hydrogen) atoms. The third kappa shape index (κ3) is 5.20. The van der Waals surface area contributed by atoms with E-state index in [2.05, 4.69) is 33.2 Å². The van der Waals surface area contributed by atoms with E-state index in [9.17, 15) is 9.18 Å². The van der Waals surface area contributed by atoms with Crippen molar-refractivity contribution in [2.45, 2.75) is 38.6 Å². The fourth-order valence-corrected chi connectivity index (χ4v) is 6.85. The van der Waals surface area contributed by atoms with E-state index in [1.165, 1.54) is 54.9 Å². The fourth-order valence-electron chi connectivity index (χ4n) is 5.74. The number of rotatable bonds is 9. The van der Waals surface area contributed by atoms with Crippen LogP contribution in [-0.2, 0) is 11.3 Å². The first-order chi connectivity index (χ1) is 19.8. The zero-order chi connectivity index (χ0) is 28.2. The first kappa shape index (κ1) is 26.1. The molecule has 0 atom stereocenters. The van der Waals surface area contributed by atoms with Crippen LogP contribution < -0.4 is 15.4 Å². The number of likely N-dealkylation sites (tertiary alicyclic amines) is 1. The third-order valence-electron chi connectivity index (χ3n) is 8.59. The molecule has 6 nitrogen and oxygen atoms in total. The molecule has 3 fully saturated rings. The lowest BCUT2D eigenvalue weighted by atomic mass is 10.0. The predicted molar refractivity (Wildman–Crippen MR) is 157 cm³/mol. The monoisotopic (exact) mass is 572 g/mol. The van der Waals surface area contributed by atoms with Crippen LogP contribution in [0.5, 0.6) is 11.5 Å². The van der Waals surface area contributed by atoms with Crippen molar-refractivity contribution >= 4 is 38.8 Å². The van der Waals surface area contributed by atoms with Gasteiger partial charge in [0.25, 0.3) is 0 Å². The number of amides is 1. The molecule has 2 aromatic heterocycles. The van der Waals surface area contributed by atoms with Crippen LogP contribution >= 0.6 is 11.3 Å². The first-order valence-corrected chi connectivity index (χ1v) is 14.7. The van der Waals surface area contributed by atoms with E-state index in [0.29, 0.717) is 41.1 Å². The largest absolute Gasteiger partial charge is 0.453 e. The summed E-state index contributed by atoms with van der Waals surface area (Å²) in [4.78, 5) is 21.4. The van der Waals surface area contributed by atoms with E-state index in [-0.39, 0.29) is 17.5 Å². The van der Waals surface area contributed by atoms with Gasteiger partial charge >= 0.3 is 0 Å². The predicted octanol–water partition coefficient (Wildman–Crippen LogP) is 7.70. The molecule has 1 amide bonds. The summed E-state index contributed by atoms with van der Waals surface area (Å²) in [6, 6.07) is 14.1. The summed E-state index contributed by atoms with van der Waals surface area (Å²) < 4.78 is 35.3. The second-order valence-electron chi connectivity index (χ2n) is 11.6. The fraction of sp³-hybridized carbons (Fsp3) is 0.312. The van der Waals surface area contributed by atoms with E-state index in [1.807, 2.05) is 0 Å². The number of halogens is 2. The van der Waals surface area contributed by atoms with Gasteiger partial charge in [-0.3, -0.25) is 14.7 Å². The van der Waals surface area contributed by atoms with Crippen molar-refractivity contribution in [2.75, 3.05) is 23.7 Å². The smallest absolute Gasteiger partial charge is 0.236 e. The zero-order valence-electron chi connectivity index (χ0n) is 22.5. The zero-order valence-corrected chi connectivity index (χ0v) is 23.3. The summed E-state index contributed by atoms with van der Waals surface area (Å²) in [5, 5.41) is 5.93. The second-order valence-corrected chi connectivity index (χ2v) is 12.7. The molecule has 9 heteroatoms. The number of aromatic nitrogens is 1. The van der Waals surface area contributed by atoms with Crippen molar-refractivity contribution in [3.8, 4) is 11.5 Å². The molecule has 0 bridgehead atoms. The van der Waals surface area contributed by atoms with E-state index in [0.717, 1.165) is 23.3 Å². The molecular formula is C32H30F2N4O2S. The Kier molecular flexibility index (Phi) is 6.32. The van der Waals surface area contributed by atoms with Gasteiger partial charge in [-0.05, 0) is 86.5 Å². The van der Waals surface area contributed by atoms with Gasteiger partial charge in [0.05, 0.1) is 15.6 Å². The van der Waals surface area contributed by atoms with Gasteiger partial charge in [-0.25, -0.2) is 8.78 Å². The van der Waals surface area contributed by atoms with Gasteiger partial charge in [0.15, 0.2) is 11.6 Å². The lowest BCUT2D eigenvalue weighted by molar-refractivity contribution is -0.119. The molecule has 3 heterocycles. The van der Waals surface area contributed by atoms with Gasteiger partial charge in [0.1, 0.15) is 11.6 Å².